The number of thioether (sulfide) groups is 1. The van der Waals surface area contributed by atoms with Crippen molar-refractivity contribution >= 4 is 23.3 Å². The Morgan fingerprint density at radius 3 is 2.19 bits per heavy atom. The van der Waals surface area contributed by atoms with Crippen LogP contribution in [0.25, 0.3) is 0 Å². The maximum Gasteiger partial charge on any atom is 0.0729 e. The molecule has 0 fully saturated rings. The van der Waals surface area contributed by atoms with Crippen molar-refractivity contribution < 1.29 is 0 Å². The Morgan fingerprint density at radius 1 is 0.875 bits per heavy atom. The Labute approximate surface area is 99.5 Å². The molecule has 0 bridgehead atoms. The fourth-order valence-electron chi connectivity index (χ4n) is 1.20. The average molecular weight is 225 g/mol. The summed E-state index contributed by atoms with van der Waals surface area (Å²) in [6.07, 6.45) is 0. The van der Waals surface area contributed by atoms with Gasteiger partial charge in [0.1, 0.15) is 0 Å². The van der Waals surface area contributed by atoms with Gasteiger partial charge in [-0.2, -0.15) is 0 Å². The molecule has 2 heteroatoms. The molecule has 1 nitrogen and oxygen atoms in total. The van der Waals surface area contributed by atoms with E-state index in [0.29, 0.717) is 0 Å². The van der Waals surface area contributed by atoms with Crippen molar-refractivity contribution in [1.82, 2.24) is 0 Å². The van der Waals surface area contributed by atoms with Gasteiger partial charge in [-0.1, -0.05) is 48.2 Å². The second kappa shape index (κ2) is 5.96. The van der Waals surface area contributed by atoms with E-state index in [2.05, 4.69) is 23.0 Å². The van der Waals surface area contributed by atoms with Gasteiger partial charge in [0.05, 0.1) is 5.69 Å². The third-order valence-corrected chi connectivity index (χ3v) is 2.71. The fourth-order valence-corrected chi connectivity index (χ4v) is 1.75. The molecule has 16 heavy (non-hydrogen) atoms. The predicted molar refractivity (Wildman–Crippen MR) is 70.4 cm³/mol. The van der Waals surface area contributed by atoms with Crippen molar-refractivity contribution in [3.8, 4) is 0 Å². The molecule has 0 heterocycles. The Morgan fingerprint density at radius 2 is 1.50 bits per heavy atom. The molecule has 0 unspecified atom stereocenters. The summed E-state index contributed by atoms with van der Waals surface area (Å²) in [4.78, 5) is 5.39. The first kappa shape index (κ1) is 10.7. The van der Waals surface area contributed by atoms with Gasteiger partial charge in [0.25, 0.3) is 0 Å². The van der Waals surface area contributed by atoms with Crippen molar-refractivity contribution in [2.24, 2.45) is 4.99 Å². The summed E-state index contributed by atoms with van der Waals surface area (Å²) in [5, 5.41) is 1.86. The topological polar surface area (TPSA) is 12.4 Å². The van der Waals surface area contributed by atoms with Gasteiger partial charge in [-0.25, -0.2) is 4.99 Å². The number of rotatable bonds is 3. The molecule has 0 N–H and O–H groups in total. The van der Waals surface area contributed by atoms with E-state index in [1.807, 2.05) is 53.9 Å². The maximum atomic E-state index is 4.19. The van der Waals surface area contributed by atoms with Gasteiger partial charge in [0, 0.05) is 10.3 Å². The molecule has 0 aromatic heterocycles. The van der Waals surface area contributed by atoms with E-state index in [9.17, 15) is 0 Å². The zero-order valence-electron chi connectivity index (χ0n) is 8.71. The lowest BCUT2D eigenvalue weighted by Crippen LogP contribution is -1.65. The van der Waals surface area contributed by atoms with Crippen molar-refractivity contribution in [3.63, 3.8) is 0 Å². The Bertz CT molecular complexity index is 485. The Balaban J connectivity index is 1.98. The van der Waals surface area contributed by atoms with E-state index in [-0.39, 0.29) is 0 Å². The smallest absolute Gasteiger partial charge is 0.0729 e. The lowest BCUT2D eigenvalue weighted by Gasteiger charge is -1.91. The lowest BCUT2D eigenvalue weighted by atomic mass is 10.3. The molecule has 78 valence electrons. The highest BCUT2D eigenvalue weighted by Gasteiger charge is 1.85. The predicted octanol–water partition coefficient (Wildman–Crippen LogP) is 4.29. The van der Waals surface area contributed by atoms with E-state index in [1.165, 1.54) is 4.90 Å². The summed E-state index contributed by atoms with van der Waals surface area (Å²) in [7, 11) is 0. The van der Waals surface area contributed by atoms with E-state index >= 15 is 0 Å². The van der Waals surface area contributed by atoms with Crippen molar-refractivity contribution in [1.29, 1.82) is 0 Å². The van der Waals surface area contributed by atoms with Crippen LogP contribution < -0.4 is 0 Å². The largest absolute Gasteiger partial charge is 0.206 e. The lowest BCUT2D eigenvalue weighted by molar-refractivity contribution is 1.47. The van der Waals surface area contributed by atoms with Gasteiger partial charge >= 0.3 is 0 Å². The molecule has 2 rings (SSSR count). The van der Waals surface area contributed by atoms with E-state index in [4.69, 9.17) is 0 Å². The van der Waals surface area contributed by atoms with Gasteiger partial charge in [-0.3, -0.25) is 0 Å². The summed E-state index contributed by atoms with van der Waals surface area (Å²) in [6, 6.07) is 20.0. The third kappa shape index (κ3) is 3.43. The molecule has 0 amide bonds. The number of nitrogens with zero attached hydrogens (tertiary/aromatic N) is 1. The standard InChI is InChI=1S/C14H11NS/c1-3-7-13(8-4-1)15-11-12-16-14-9-5-2-6-10-14/h1-10,12H. The van der Waals surface area contributed by atoms with Crippen LogP contribution >= 0.6 is 11.8 Å². The zero-order chi connectivity index (χ0) is 11.1. The van der Waals surface area contributed by atoms with Gasteiger partial charge in [0.15, 0.2) is 0 Å². The highest BCUT2D eigenvalue weighted by atomic mass is 32.2. The van der Waals surface area contributed by atoms with E-state index < -0.39 is 0 Å². The highest BCUT2D eigenvalue weighted by Crippen LogP contribution is 2.16. The van der Waals surface area contributed by atoms with Gasteiger partial charge < -0.3 is 0 Å². The Kier molecular flexibility index (Phi) is 4.00. The van der Waals surface area contributed by atoms with Crippen LogP contribution in [-0.4, -0.2) is 5.87 Å². The molecule has 0 radical (unpaired) electrons. The minimum atomic E-state index is 0.924. The van der Waals surface area contributed by atoms with Crippen molar-refractivity contribution in [2.75, 3.05) is 0 Å². The summed E-state index contributed by atoms with van der Waals surface area (Å²) < 4.78 is 0. The van der Waals surface area contributed by atoms with Crippen LogP contribution in [0.2, 0.25) is 0 Å². The zero-order valence-corrected chi connectivity index (χ0v) is 9.52. The average Bonchev–Trinajstić information content (AvgIpc) is 2.37. The molecular weight excluding hydrogens is 214 g/mol. The molecule has 0 aliphatic carbocycles. The minimum absolute atomic E-state index is 0.924. The molecule has 0 spiro atoms. The van der Waals surface area contributed by atoms with Crippen molar-refractivity contribution in [3.05, 3.63) is 66.1 Å². The molecular formula is C14H11NS. The summed E-state index contributed by atoms with van der Waals surface area (Å²) in [6.45, 7) is 0. The number of hydrogen-bond acceptors (Lipinski definition) is 2. The second-order valence-corrected chi connectivity index (χ2v) is 4.07. The number of aliphatic imine (C=N–C) groups is 1. The quantitative estimate of drug-likeness (QED) is 0.560. The number of para-hydroxylation sites is 1. The SMILES string of the molecule is C(=CSc1ccccc1)=Nc1ccccc1. The molecule has 0 aliphatic heterocycles. The molecule has 0 saturated carbocycles. The first-order valence-corrected chi connectivity index (χ1v) is 5.88. The number of hydrogen-bond donors (Lipinski definition) is 0. The third-order valence-electron chi connectivity index (χ3n) is 1.94. The van der Waals surface area contributed by atoms with Gasteiger partial charge in [0.2, 0.25) is 0 Å². The number of benzene rings is 2. The molecule has 0 atom stereocenters. The highest BCUT2D eigenvalue weighted by molar-refractivity contribution is 8.02. The first-order chi connectivity index (χ1) is 7.95. The molecule has 0 aliphatic rings. The van der Waals surface area contributed by atoms with Crippen LogP contribution in [-0.2, 0) is 0 Å². The van der Waals surface area contributed by atoms with Crippen LogP contribution in [0.5, 0.6) is 0 Å². The minimum Gasteiger partial charge on any atom is -0.206 e. The van der Waals surface area contributed by atoms with Crippen LogP contribution in [0.4, 0.5) is 5.69 Å². The van der Waals surface area contributed by atoms with Crippen LogP contribution in [0.3, 0.4) is 0 Å². The normalized spacial score (nSPS) is 9.25. The summed E-state index contributed by atoms with van der Waals surface area (Å²) in [5.41, 5.74) is 0.924. The summed E-state index contributed by atoms with van der Waals surface area (Å²) in [5.74, 6) is 2.91. The maximum absolute atomic E-state index is 4.19. The van der Waals surface area contributed by atoms with Crippen LogP contribution in [0.1, 0.15) is 0 Å². The van der Waals surface area contributed by atoms with E-state index in [0.717, 1.165) is 5.69 Å². The monoisotopic (exact) mass is 225 g/mol. The molecule has 0 saturated heterocycles. The summed E-state index contributed by atoms with van der Waals surface area (Å²) >= 11 is 1.61. The molecule has 2 aromatic carbocycles. The van der Waals surface area contributed by atoms with Crippen LogP contribution in [0.15, 0.2) is 76.0 Å². The fraction of sp³-hybridized carbons (Fsp3) is 0. The van der Waals surface area contributed by atoms with E-state index in [1.54, 1.807) is 11.8 Å². The van der Waals surface area contributed by atoms with Crippen LogP contribution in [0, 0.1) is 0 Å². The first-order valence-electron chi connectivity index (χ1n) is 5.00. The second-order valence-electron chi connectivity index (χ2n) is 3.13. The molecule has 2 aromatic rings. The van der Waals surface area contributed by atoms with Gasteiger partial charge in [-0.05, 0) is 30.1 Å². The van der Waals surface area contributed by atoms with Gasteiger partial charge in [-0.15, -0.1) is 0 Å². The Hall–Kier alpha value is -1.76. The van der Waals surface area contributed by atoms with Crippen molar-refractivity contribution in [2.45, 2.75) is 4.90 Å².